The Morgan fingerprint density at radius 2 is 2.10 bits per heavy atom. The minimum absolute atomic E-state index is 0.184. The molecule has 1 aliphatic carbocycles. The Morgan fingerprint density at radius 3 is 2.76 bits per heavy atom. The Hall–Kier alpha value is -3.10. The summed E-state index contributed by atoms with van der Waals surface area (Å²) in [4.78, 5) is 16.0. The third kappa shape index (κ3) is 3.52. The number of furan rings is 1. The minimum Gasteiger partial charge on any atom is -0.460 e. The van der Waals surface area contributed by atoms with Crippen molar-refractivity contribution in [1.29, 1.82) is 0 Å². The quantitative estimate of drug-likeness (QED) is 0.609. The van der Waals surface area contributed by atoms with Crippen molar-refractivity contribution < 1.29 is 27.1 Å². The third-order valence-corrected chi connectivity index (χ3v) is 4.85. The van der Waals surface area contributed by atoms with E-state index in [1.807, 2.05) is 6.20 Å². The summed E-state index contributed by atoms with van der Waals surface area (Å²) in [6.07, 6.45) is -0.413. The van der Waals surface area contributed by atoms with Crippen LogP contribution in [0.1, 0.15) is 45.6 Å². The monoisotopic (exact) mass is 405 g/mol. The normalized spacial score (nSPS) is 13.1. The van der Waals surface area contributed by atoms with Crippen LogP contribution in [0.4, 0.5) is 13.2 Å². The zero-order chi connectivity index (χ0) is 20.8. The maximum absolute atomic E-state index is 12.7. The van der Waals surface area contributed by atoms with Crippen molar-refractivity contribution in [2.75, 3.05) is 6.61 Å². The summed E-state index contributed by atoms with van der Waals surface area (Å²) in [6, 6.07) is 2.35. The van der Waals surface area contributed by atoms with Crippen molar-refractivity contribution in [2.45, 2.75) is 39.4 Å². The summed E-state index contributed by atoms with van der Waals surface area (Å²) in [6.45, 7) is 4.01. The molecule has 152 valence electrons. The van der Waals surface area contributed by atoms with Crippen molar-refractivity contribution in [2.24, 2.45) is 0 Å². The molecular weight excluding hydrogens is 387 g/mol. The van der Waals surface area contributed by atoms with Crippen LogP contribution in [0, 0.1) is 6.92 Å². The summed E-state index contributed by atoms with van der Waals surface area (Å²) >= 11 is 0. The molecule has 4 rings (SSSR count). The van der Waals surface area contributed by atoms with Crippen molar-refractivity contribution >= 4 is 5.97 Å². The highest BCUT2D eigenvalue weighted by Gasteiger charge is 2.31. The Morgan fingerprint density at radius 1 is 1.31 bits per heavy atom. The highest BCUT2D eigenvalue weighted by molar-refractivity contribution is 5.91. The van der Waals surface area contributed by atoms with E-state index in [0.29, 0.717) is 29.9 Å². The van der Waals surface area contributed by atoms with Crippen molar-refractivity contribution in [1.82, 2.24) is 14.8 Å². The second-order valence-corrected chi connectivity index (χ2v) is 6.81. The van der Waals surface area contributed by atoms with Crippen LogP contribution in [-0.2, 0) is 30.3 Å². The lowest BCUT2D eigenvalue weighted by atomic mass is 9.94. The van der Waals surface area contributed by atoms with Crippen molar-refractivity contribution in [3.05, 3.63) is 58.4 Å². The number of fused-ring (bicyclic) bond motifs is 3. The number of halogens is 3. The fourth-order valence-electron chi connectivity index (χ4n) is 3.49. The molecule has 3 aromatic rings. The van der Waals surface area contributed by atoms with Crippen LogP contribution in [0.5, 0.6) is 0 Å². The molecule has 0 aliphatic heterocycles. The molecule has 0 saturated carbocycles. The number of hydrogen-bond donors (Lipinski definition) is 0. The van der Waals surface area contributed by atoms with Gasteiger partial charge in [-0.25, -0.2) is 4.79 Å². The molecule has 0 saturated heterocycles. The van der Waals surface area contributed by atoms with E-state index in [1.54, 1.807) is 18.5 Å². The number of ether oxygens (including phenoxy) is 1. The fourth-order valence-corrected chi connectivity index (χ4v) is 3.49. The summed E-state index contributed by atoms with van der Waals surface area (Å²) in [5.41, 5.74) is 2.85. The zero-order valence-electron chi connectivity index (χ0n) is 15.8. The van der Waals surface area contributed by atoms with Crippen LogP contribution < -0.4 is 0 Å². The molecule has 0 fully saturated rings. The lowest BCUT2D eigenvalue weighted by Gasteiger charge is -2.09. The summed E-state index contributed by atoms with van der Waals surface area (Å²) in [5.74, 6) is 0.369. The molecule has 0 N–H and O–H groups in total. The smallest absolute Gasteiger partial charge is 0.417 e. The van der Waals surface area contributed by atoms with Crippen molar-refractivity contribution in [3.8, 4) is 11.3 Å². The highest BCUT2D eigenvalue weighted by Crippen LogP contribution is 2.38. The summed E-state index contributed by atoms with van der Waals surface area (Å²) in [5, 5.41) is 4.58. The number of nitrogens with zero attached hydrogens (tertiary/aromatic N) is 3. The predicted molar refractivity (Wildman–Crippen MR) is 96.4 cm³/mol. The zero-order valence-corrected chi connectivity index (χ0v) is 15.8. The van der Waals surface area contributed by atoms with Gasteiger partial charge in [-0.15, -0.1) is 0 Å². The first kappa shape index (κ1) is 19.2. The highest BCUT2D eigenvalue weighted by atomic mass is 19.4. The van der Waals surface area contributed by atoms with Crippen LogP contribution in [0.25, 0.3) is 11.3 Å². The van der Waals surface area contributed by atoms with E-state index in [0.717, 1.165) is 29.1 Å². The molecule has 0 atom stereocenters. The van der Waals surface area contributed by atoms with Gasteiger partial charge in [-0.3, -0.25) is 9.67 Å². The van der Waals surface area contributed by atoms with Gasteiger partial charge in [-0.2, -0.15) is 18.3 Å². The molecule has 0 spiro atoms. The molecule has 0 aromatic carbocycles. The van der Waals surface area contributed by atoms with Gasteiger partial charge in [-0.1, -0.05) is 0 Å². The molecule has 0 amide bonds. The average Bonchev–Trinajstić information content (AvgIpc) is 3.22. The van der Waals surface area contributed by atoms with Gasteiger partial charge in [0, 0.05) is 29.9 Å². The summed E-state index contributed by atoms with van der Waals surface area (Å²) < 4.78 is 50.5. The van der Waals surface area contributed by atoms with Gasteiger partial charge in [0.1, 0.15) is 5.76 Å². The summed E-state index contributed by atoms with van der Waals surface area (Å²) in [7, 11) is 0. The predicted octanol–water partition coefficient (Wildman–Crippen LogP) is 4.19. The number of aryl methyl sites for hydroxylation is 2. The van der Waals surface area contributed by atoms with Crippen LogP contribution in [0.15, 0.2) is 28.9 Å². The van der Waals surface area contributed by atoms with Gasteiger partial charge in [0.2, 0.25) is 5.76 Å². The molecule has 3 heterocycles. The third-order valence-electron chi connectivity index (χ3n) is 4.85. The Bertz CT molecular complexity index is 1070. The number of esters is 1. The first-order chi connectivity index (χ1) is 13.8. The molecule has 3 aromatic heterocycles. The van der Waals surface area contributed by atoms with E-state index in [-0.39, 0.29) is 18.9 Å². The topological polar surface area (TPSA) is 70.2 Å². The van der Waals surface area contributed by atoms with Gasteiger partial charge in [0.15, 0.2) is 0 Å². The van der Waals surface area contributed by atoms with Crippen LogP contribution in [0.3, 0.4) is 0 Å². The van der Waals surface area contributed by atoms with Gasteiger partial charge in [-0.05, 0) is 38.0 Å². The van der Waals surface area contributed by atoms with E-state index in [2.05, 4.69) is 10.1 Å². The minimum atomic E-state index is -4.41. The lowest BCUT2D eigenvalue weighted by molar-refractivity contribution is -0.137. The fraction of sp³-hybridized carbons (Fsp3) is 0.350. The van der Waals surface area contributed by atoms with E-state index < -0.39 is 17.7 Å². The van der Waals surface area contributed by atoms with Crippen LogP contribution >= 0.6 is 0 Å². The number of alkyl halides is 3. The molecule has 29 heavy (non-hydrogen) atoms. The van der Waals surface area contributed by atoms with E-state index in [4.69, 9.17) is 9.15 Å². The molecule has 0 unspecified atom stereocenters. The second-order valence-electron chi connectivity index (χ2n) is 6.81. The Kier molecular flexibility index (Phi) is 4.68. The standard InChI is InChI=1S/C20H18F3N3O3/c1-3-28-19(27)18-11(2)16-15(29-18)7-4-12-9-26(25-17(12)16)10-14-6-5-13(8-24-14)20(21,22)23/h5-6,8-9H,3-4,7,10H2,1-2H3. The van der Waals surface area contributed by atoms with Crippen LogP contribution in [-0.4, -0.2) is 27.3 Å². The van der Waals surface area contributed by atoms with E-state index in [9.17, 15) is 18.0 Å². The SMILES string of the molecule is CCOC(=O)c1oc2c(c1C)-c1nn(Cc3ccc(C(F)(F)F)cn3)cc1CC2. The van der Waals surface area contributed by atoms with E-state index >= 15 is 0 Å². The maximum atomic E-state index is 12.7. The largest absolute Gasteiger partial charge is 0.460 e. The van der Waals surface area contributed by atoms with Crippen molar-refractivity contribution in [3.63, 3.8) is 0 Å². The molecule has 9 heteroatoms. The number of hydrogen-bond acceptors (Lipinski definition) is 5. The van der Waals surface area contributed by atoms with Gasteiger partial charge in [0.05, 0.1) is 30.1 Å². The average molecular weight is 405 g/mol. The first-order valence-electron chi connectivity index (χ1n) is 9.16. The number of carbonyl (C=O) groups is 1. The molecule has 0 radical (unpaired) electrons. The van der Waals surface area contributed by atoms with Gasteiger partial charge in [0.25, 0.3) is 0 Å². The Labute approximate surface area is 164 Å². The lowest BCUT2D eigenvalue weighted by Crippen LogP contribution is -2.08. The van der Waals surface area contributed by atoms with E-state index in [1.165, 1.54) is 6.07 Å². The molecule has 1 aliphatic rings. The number of aromatic nitrogens is 3. The molecule has 0 bridgehead atoms. The maximum Gasteiger partial charge on any atom is 0.417 e. The second kappa shape index (κ2) is 7.06. The molecular formula is C20H18F3N3O3. The molecule has 6 nitrogen and oxygen atoms in total. The number of pyridine rings is 1. The number of carbonyl (C=O) groups excluding carboxylic acids is 1. The van der Waals surface area contributed by atoms with Gasteiger partial charge >= 0.3 is 12.1 Å². The number of rotatable bonds is 4. The van der Waals surface area contributed by atoms with Crippen LogP contribution in [0.2, 0.25) is 0 Å². The Balaban J connectivity index is 1.62. The van der Waals surface area contributed by atoms with Gasteiger partial charge < -0.3 is 9.15 Å². The first-order valence-corrected chi connectivity index (χ1v) is 9.16.